The SMILES string of the molecule is c1ccc(-c2cc(-c3ccccc3)cc(-n3c4ccccc4c4ccc5c6ccccc6n(-c6nc(-c7ccccc7)nc(-c7cccc8nc(-c9ccccc9)sc78)n6)c5c43)c2)cc1. The molecule has 0 N–H and O–H groups in total. The molecule has 0 bridgehead atoms. The second-order valence-electron chi connectivity index (χ2n) is 16.3. The summed E-state index contributed by atoms with van der Waals surface area (Å²) in [4.78, 5) is 21.2. The Labute approximate surface area is 378 Å². The van der Waals surface area contributed by atoms with Gasteiger partial charge in [-0.05, 0) is 64.7 Å². The minimum Gasteiger partial charge on any atom is -0.307 e. The van der Waals surface area contributed by atoms with Crippen molar-refractivity contribution in [1.82, 2.24) is 29.1 Å². The van der Waals surface area contributed by atoms with Gasteiger partial charge in [0, 0.05) is 43.9 Å². The van der Waals surface area contributed by atoms with E-state index in [9.17, 15) is 0 Å². The Hall–Kier alpha value is -8.52. The van der Waals surface area contributed by atoms with Crippen molar-refractivity contribution in [2.75, 3.05) is 0 Å². The van der Waals surface area contributed by atoms with Gasteiger partial charge in [0.1, 0.15) is 5.01 Å². The average molecular weight is 849 g/mol. The molecule has 0 aliphatic heterocycles. The lowest BCUT2D eigenvalue weighted by atomic mass is 9.98. The lowest BCUT2D eigenvalue weighted by molar-refractivity contribution is 0.954. The van der Waals surface area contributed by atoms with Gasteiger partial charge in [0.15, 0.2) is 11.6 Å². The largest absolute Gasteiger partial charge is 0.307 e. The van der Waals surface area contributed by atoms with Crippen LogP contribution in [0.3, 0.4) is 0 Å². The summed E-state index contributed by atoms with van der Waals surface area (Å²) in [5.74, 6) is 1.72. The van der Waals surface area contributed by atoms with E-state index in [1.807, 2.05) is 30.3 Å². The number of rotatable bonds is 7. The molecule has 0 saturated heterocycles. The van der Waals surface area contributed by atoms with Gasteiger partial charge >= 0.3 is 0 Å². The Balaban J connectivity index is 1.14. The Bertz CT molecular complexity index is 3870. The third-order valence-corrected chi connectivity index (χ3v) is 13.5. The van der Waals surface area contributed by atoms with E-state index in [0.29, 0.717) is 17.6 Å². The number of hydrogen-bond donors (Lipinski definition) is 0. The summed E-state index contributed by atoms with van der Waals surface area (Å²) in [6.07, 6.45) is 0. The Kier molecular flexibility index (Phi) is 8.60. The zero-order chi connectivity index (χ0) is 42.8. The van der Waals surface area contributed by atoms with Gasteiger partial charge in [0.2, 0.25) is 5.95 Å². The van der Waals surface area contributed by atoms with Crippen LogP contribution >= 0.6 is 11.3 Å². The van der Waals surface area contributed by atoms with E-state index in [0.717, 1.165) is 98.1 Å². The van der Waals surface area contributed by atoms with Crippen molar-refractivity contribution in [3.8, 4) is 67.2 Å². The molecule has 0 aliphatic rings. The van der Waals surface area contributed by atoms with E-state index in [2.05, 4.69) is 197 Å². The van der Waals surface area contributed by atoms with Crippen LogP contribution in [-0.4, -0.2) is 29.1 Å². The van der Waals surface area contributed by atoms with Crippen molar-refractivity contribution in [2.24, 2.45) is 0 Å². The average Bonchev–Trinajstić information content (AvgIpc) is 4.08. The molecular weight excluding hydrogens is 813 g/mol. The number of benzene rings is 9. The molecule has 4 heterocycles. The molecule has 0 atom stereocenters. The standard InChI is InChI=1S/C58H36N6S/c1-5-18-37(19-6-1)41-34-42(38-20-7-2-8-21-38)36-43(35-41)63-50-30-15-13-26-44(50)46-32-33-47-45-27-14-16-31-51(45)64(53(47)52(46)63)58-61-55(39-22-9-3-10-23-39)60-56(62-58)48-28-17-29-49-54(48)65-57(59-49)40-24-11-4-12-25-40/h1-36H. The number of aromatic nitrogens is 6. The molecule has 4 aromatic heterocycles. The van der Waals surface area contributed by atoms with Crippen molar-refractivity contribution >= 4 is 65.2 Å². The van der Waals surface area contributed by atoms with Crippen LogP contribution in [0.2, 0.25) is 0 Å². The maximum Gasteiger partial charge on any atom is 0.238 e. The number of fused-ring (bicyclic) bond motifs is 8. The van der Waals surface area contributed by atoms with Gasteiger partial charge in [-0.3, -0.25) is 4.57 Å². The lowest BCUT2D eigenvalue weighted by Gasteiger charge is -2.16. The first-order valence-electron chi connectivity index (χ1n) is 21.7. The Morgan fingerprint density at radius 1 is 0.338 bits per heavy atom. The van der Waals surface area contributed by atoms with Crippen molar-refractivity contribution in [2.45, 2.75) is 0 Å². The summed E-state index contributed by atoms with van der Waals surface area (Å²) in [6, 6.07) is 77.0. The molecule has 6 nitrogen and oxygen atoms in total. The zero-order valence-corrected chi connectivity index (χ0v) is 35.7. The van der Waals surface area contributed by atoms with E-state index in [-0.39, 0.29) is 0 Å². The van der Waals surface area contributed by atoms with Gasteiger partial charge < -0.3 is 4.57 Å². The van der Waals surface area contributed by atoms with Crippen LogP contribution in [0.25, 0.3) is 121 Å². The molecule has 0 fully saturated rings. The first-order chi connectivity index (χ1) is 32.2. The highest BCUT2D eigenvalue weighted by molar-refractivity contribution is 7.22. The fourth-order valence-corrected chi connectivity index (χ4v) is 10.5. The molecule has 9 aromatic carbocycles. The minimum absolute atomic E-state index is 0.539. The number of para-hydroxylation sites is 2. The fraction of sp³-hybridized carbons (Fsp3) is 0. The second-order valence-corrected chi connectivity index (χ2v) is 17.3. The predicted molar refractivity (Wildman–Crippen MR) is 269 cm³/mol. The third kappa shape index (κ3) is 6.16. The summed E-state index contributed by atoms with van der Waals surface area (Å²) >= 11 is 1.66. The Morgan fingerprint density at radius 3 is 1.46 bits per heavy atom. The normalized spacial score (nSPS) is 11.7. The van der Waals surface area contributed by atoms with Crippen molar-refractivity contribution < 1.29 is 0 Å². The molecule has 7 heteroatoms. The van der Waals surface area contributed by atoms with Gasteiger partial charge in [-0.15, -0.1) is 11.3 Å². The van der Waals surface area contributed by atoms with E-state index >= 15 is 0 Å². The summed E-state index contributed by atoms with van der Waals surface area (Å²) in [6.45, 7) is 0. The van der Waals surface area contributed by atoms with E-state index in [4.69, 9.17) is 19.9 Å². The molecular formula is C58H36N6S. The van der Waals surface area contributed by atoms with E-state index < -0.39 is 0 Å². The number of hydrogen-bond acceptors (Lipinski definition) is 5. The van der Waals surface area contributed by atoms with Crippen LogP contribution in [0.4, 0.5) is 0 Å². The predicted octanol–water partition coefficient (Wildman–Crippen LogP) is 15.0. The van der Waals surface area contributed by atoms with Gasteiger partial charge in [-0.1, -0.05) is 176 Å². The third-order valence-electron chi connectivity index (χ3n) is 12.4. The molecule has 65 heavy (non-hydrogen) atoms. The fourth-order valence-electron chi connectivity index (χ4n) is 9.44. The van der Waals surface area contributed by atoms with Crippen molar-refractivity contribution in [3.63, 3.8) is 0 Å². The maximum atomic E-state index is 5.49. The Morgan fingerprint density at radius 2 is 0.846 bits per heavy atom. The summed E-state index contributed by atoms with van der Waals surface area (Å²) in [5.41, 5.74) is 13.7. The molecule has 0 spiro atoms. The minimum atomic E-state index is 0.539. The van der Waals surface area contributed by atoms with Crippen LogP contribution in [0.1, 0.15) is 0 Å². The molecule has 13 aromatic rings. The molecule has 0 amide bonds. The van der Waals surface area contributed by atoms with Crippen LogP contribution < -0.4 is 0 Å². The van der Waals surface area contributed by atoms with Gasteiger partial charge in [-0.2, -0.15) is 9.97 Å². The highest BCUT2D eigenvalue weighted by Gasteiger charge is 2.25. The number of thiazole rings is 1. The van der Waals surface area contributed by atoms with Crippen molar-refractivity contribution in [1.29, 1.82) is 0 Å². The second kappa shape index (κ2) is 15.1. The summed E-state index contributed by atoms with van der Waals surface area (Å²) < 4.78 is 5.74. The van der Waals surface area contributed by atoms with Crippen LogP contribution in [-0.2, 0) is 0 Å². The monoisotopic (exact) mass is 848 g/mol. The smallest absolute Gasteiger partial charge is 0.238 e. The first-order valence-corrected chi connectivity index (χ1v) is 22.5. The van der Waals surface area contributed by atoms with E-state index in [1.165, 1.54) is 5.39 Å². The molecule has 0 saturated carbocycles. The maximum absolute atomic E-state index is 5.49. The van der Waals surface area contributed by atoms with Crippen molar-refractivity contribution in [3.05, 3.63) is 218 Å². The van der Waals surface area contributed by atoms with E-state index in [1.54, 1.807) is 11.3 Å². The molecule has 13 rings (SSSR count). The summed E-state index contributed by atoms with van der Waals surface area (Å²) in [5, 5.41) is 5.49. The molecule has 0 radical (unpaired) electrons. The molecule has 0 aliphatic carbocycles. The van der Waals surface area contributed by atoms with Gasteiger partial charge in [-0.25, -0.2) is 9.97 Å². The first kappa shape index (κ1) is 37.1. The van der Waals surface area contributed by atoms with Gasteiger partial charge in [0.05, 0.1) is 32.3 Å². The quantitative estimate of drug-likeness (QED) is 0.160. The topological polar surface area (TPSA) is 61.4 Å². The van der Waals surface area contributed by atoms with Crippen LogP contribution in [0, 0.1) is 0 Å². The summed E-state index contributed by atoms with van der Waals surface area (Å²) in [7, 11) is 0. The molecule has 0 unspecified atom stereocenters. The highest BCUT2D eigenvalue weighted by atomic mass is 32.1. The van der Waals surface area contributed by atoms with Gasteiger partial charge in [0.25, 0.3) is 0 Å². The number of nitrogens with zero attached hydrogens (tertiary/aromatic N) is 6. The van der Waals surface area contributed by atoms with Crippen LogP contribution in [0.15, 0.2) is 218 Å². The molecule has 304 valence electrons. The highest BCUT2D eigenvalue weighted by Crippen LogP contribution is 2.43. The van der Waals surface area contributed by atoms with Crippen LogP contribution in [0.5, 0.6) is 0 Å². The lowest BCUT2D eigenvalue weighted by Crippen LogP contribution is -2.07. The zero-order valence-electron chi connectivity index (χ0n) is 34.9.